The molecule has 2 aromatic carbocycles. The summed E-state index contributed by atoms with van der Waals surface area (Å²) in [5.74, 6) is 0.374. The number of aliphatic hydroxyl groups is 1. The van der Waals surface area contributed by atoms with E-state index >= 15 is 0 Å². The minimum Gasteiger partial charge on any atom is -0.494 e. The summed E-state index contributed by atoms with van der Waals surface area (Å²) in [6, 6.07) is 7.00. The molecule has 1 aromatic heterocycles. The zero-order valence-corrected chi connectivity index (χ0v) is 24.2. The summed E-state index contributed by atoms with van der Waals surface area (Å²) in [5.41, 5.74) is 1.98. The van der Waals surface area contributed by atoms with Crippen molar-refractivity contribution >= 4 is 46.2 Å². The van der Waals surface area contributed by atoms with Crippen molar-refractivity contribution in [3.05, 3.63) is 59.7 Å². The number of nitrogens with zero attached hydrogens (tertiary/aromatic N) is 5. The Morgan fingerprint density at radius 1 is 1.18 bits per heavy atom. The summed E-state index contributed by atoms with van der Waals surface area (Å²) < 4.78 is 20.0. The second-order valence-corrected chi connectivity index (χ2v) is 10.8. The van der Waals surface area contributed by atoms with Gasteiger partial charge in [-0.05, 0) is 52.6 Å². The van der Waals surface area contributed by atoms with Crippen LogP contribution in [0.25, 0.3) is 0 Å². The molecular formula is C28H36ClFN8O2. The molecule has 40 heavy (non-hydrogen) atoms. The fraction of sp³-hybridized carbons (Fsp3) is 0.393. The van der Waals surface area contributed by atoms with E-state index in [0.717, 1.165) is 30.9 Å². The predicted octanol–water partition coefficient (Wildman–Crippen LogP) is 5.13. The number of ether oxygens (including phenoxy) is 1. The molecule has 4 rings (SSSR count). The lowest BCUT2D eigenvalue weighted by atomic mass is 9.96. The van der Waals surface area contributed by atoms with Crippen molar-refractivity contribution in [2.45, 2.75) is 31.9 Å². The number of aromatic nitrogens is 3. The van der Waals surface area contributed by atoms with E-state index in [1.807, 2.05) is 12.1 Å². The predicted molar refractivity (Wildman–Crippen MR) is 159 cm³/mol. The molecule has 0 aliphatic carbocycles. The number of methoxy groups -OCH3 is 1. The summed E-state index contributed by atoms with van der Waals surface area (Å²) in [5, 5.41) is 20.1. The fourth-order valence-corrected chi connectivity index (χ4v) is 4.78. The number of anilines is 6. The minimum absolute atomic E-state index is 0.0942. The van der Waals surface area contributed by atoms with E-state index in [4.69, 9.17) is 16.3 Å². The van der Waals surface area contributed by atoms with Gasteiger partial charge >= 0.3 is 0 Å². The quantitative estimate of drug-likeness (QED) is 0.232. The molecule has 1 saturated heterocycles. The highest BCUT2D eigenvalue weighted by Gasteiger charge is 2.27. The van der Waals surface area contributed by atoms with E-state index in [0.29, 0.717) is 29.6 Å². The van der Waals surface area contributed by atoms with Crippen molar-refractivity contribution in [2.75, 3.05) is 61.7 Å². The third kappa shape index (κ3) is 6.72. The van der Waals surface area contributed by atoms with Gasteiger partial charge in [0.05, 0.1) is 34.8 Å². The number of halogens is 2. The van der Waals surface area contributed by atoms with Gasteiger partial charge in [-0.15, -0.1) is 6.58 Å². The standard InChI is InChI=1S/C28H36ClFN8O2/c1-7-9-31-22-13-23(25(40-6)14-24(22)38-10-8-17(15-38)37(4)5)35-27-33-16-32-26(36-27)34-21-12-20(30)19(29)11-18(21)28(2,3)39/h7,11-14,16-17,31,39H,1,8-10,15H2,2-6H3,(H2,32,33,34,35,36)/t17-/m1/s1. The number of rotatable bonds is 11. The van der Waals surface area contributed by atoms with Crippen LogP contribution in [0.15, 0.2) is 43.2 Å². The maximum absolute atomic E-state index is 14.3. The Morgan fingerprint density at radius 2 is 1.88 bits per heavy atom. The topological polar surface area (TPSA) is 111 Å². The molecule has 0 amide bonds. The summed E-state index contributed by atoms with van der Waals surface area (Å²) in [4.78, 5) is 17.5. The van der Waals surface area contributed by atoms with Crippen LogP contribution in [0, 0.1) is 5.82 Å². The first-order valence-electron chi connectivity index (χ1n) is 12.9. The zero-order chi connectivity index (χ0) is 29.0. The van der Waals surface area contributed by atoms with Crippen LogP contribution in [-0.2, 0) is 5.60 Å². The fourth-order valence-electron chi connectivity index (χ4n) is 4.62. The molecule has 1 aliphatic rings. The van der Waals surface area contributed by atoms with Gasteiger partial charge < -0.3 is 35.6 Å². The third-order valence-corrected chi connectivity index (χ3v) is 7.06. The normalized spacial score (nSPS) is 15.3. The molecule has 2 heterocycles. The van der Waals surface area contributed by atoms with Crippen molar-refractivity contribution in [2.24, 2.45) is 0 Å². The van der Waals surface area contributed by atoms with Crippen LogP contribution in [0.4, 0.5) is 39.0 Å². The van der Waals surface area contributed by atoms with Crippen LogP contribution in [0.5, 0.6) is 5.75 Å². The van der Waals surface area contributed by atoms with Gasteiger partial charge in [-0.2, -0.15) is 4.98 Å². The number of hydrogen-bond acceptors (Lipinski definition) is 10. The average molecular weight is 571 g/mol. The second-order valence-electron chi connectivity index (χ2n) is 10.3. The van der Waals surface area contributed by atoms with E-state index in [1.54, 1.807) is 27.0 Å². The first-order chi connectivity index (χ1) is 19.0. The van der Waals surface area contributed by atoms with Crippen molar-refractivity contribution in [1.29, 1.82) is 0 Å². The molecule has 1 atom stereocenters. The van der Waals surface area contributed by atoms with Crippen LogP contribution < -0.4 is 25.6 Å². The van der Waals surface area contributed by atoms with Gasteiger partial charge in [0, 0.05) is 43.0 Å². The van der Waals surface area contributed by atoms with Gasteiger partial charge in [0.1, 0.15) is 17.9 Å². The summed E-state index contributed by atoms with van der Waals surface area (Å²) in [6.45, 7) is 9.43. The average Bonchev–Trinajstić information content (AvgIpc) is 3.39. The van der Waals surface area contributed by atoms with Gasteiger partial charge in [-0.3, -0.25) is 0 Å². The van der Waals surface area contributed by atoms with E-state index in [-0.39, 0.29) is 22.6 Å². The Hall–Kier alpha value is -3.67. The third-order valence-electron chi connectivity index (χ3n) is 6.77. The second kappa shape index (κ2) is 12.2. The molecule has 0 bridgehead atoms. The monoisotopic (exact) mass is 570 g/mol. The van der Waals surface area contributed by atoms with Gasteiger partial charge in [0.25, 0.3) is 0 Å². The smallest absolute Gasteiger partial charge is 0.232 e. The molecule has 0 unspecified atom stereocenters. The highest BCUT2D eigenvalue weighted by Crippen LogP contribution is 2.40. The highest BCUT2D eigenvalue weighted by molar-refractivity contribution is 6.30. The molecule has 0 spiro atoms. The Kier molecular flexibility index (Phi) is 8.97. The number of hydrogen-bond donors (Lipinski definition) is 4. The molecule has 214 valence electrons. The van der Waals surface area contributed by atoms with Gasteiger partial charge in [-0.1, -0.05) is 17.7 Å². The molecular weight excluding hydrogens is 535 g/mol. The van der Waals surface area contributed by atoms with Crippen LogP contribution in [-0.4, -0.2) is 71.8 Å². The summed E-state index contributed by atoms with van der Waals surface area (Å²) >= 11 is 5.96. The molecule has 12 heteroatoms. The summed E-state index contributed by atoms with van der Waals surface area (Å²) in [7, 11) is 5.82. The van der Waals surface area contributed by atoms with Crippen molar-refractivity contribution in [1.82, 2.24) is 19.9 Å². The lowest BCUT2D eigenvalue weighted by Crippen LogP contribution is -2.31. The van der Waals surface area contributed by atoms with E-state index in [2.05, 4.69) is 61.4 Å². The van der Waals surface area contributed by atoms with Crippen molar-refractivity contribution < 1.29 is 14.2 Å². The molecule has 3 aromatic rings. The molecule has 1 aliphatic heterocycles. The summed E-state index contributed by atoms with van der Waals surface area (Å²) in [6.07, 6.45) is 4.21. The minimum atomic E-state index is -1.29. The lowest BCUT2D eigenvalue weighted by Gasteiger charge is -2.26. The van der Waals surface area contributed by atoms with Crippen LogP contribution in [0.2, 0.25) is 5.02 Å². The maximum atomic E-state index is 14.3. The molecule has 0 radical (unpaired) electrons. The van der Waals surface area contributed by atoms with Gasteiger partial charge in [0.15, 0.2) is 0 Å². The first kappa shape index (κ1) is 29.3. The zero-order valence-electron chi connectivity index (χ0n) is 23.4. The van der Waals surface area contributed by atoms with Crippen molar-refractivity contribution in [3.63, 3.8) is 0 Å². The van der Waals surface area contributed by atoms with Gasteiger partial charge in [-0.25, -0.2) is 14.4 Å². The number of likely N-dealkylation sites (N-methyl/N-ethyl adjacent to an activating group) is 1. The Labute approximate surface area is 239 Å². The molecule has 1 fully saturated rings. The largest absolute Gasteiger partial charge is 0.494 e. The molecule has 10 nitrogen and oxygen atoms in total. The maximum Gasteiger partial charge on any atom is 0.232 e. The van der Waals surface area contributed by atoms with Crippen molar-refractivity contribution in [3.8, 4) is 5.75 Å². The SMILES string of the molecule is C=CCNc1cc(Nc2ncnc(Nc3cc(F)c(Cl)cc3C(C)(C)O)n2)c(OC)cc1N1CC[C@@H](N(C)C)C1. The Morgan fingerprint density at radius 3 is 2.48 bits per heavy atom. The van der Waals surface area contributed by atoms with Crippen LogP contribution >= 0.6 is 11.6 Å². The van der Waals surface area contributed by atoms with E-state index in [1.165, 1.54) is 18.5 Å². The Bertz CT molecular complexity index is 1360. The van der Waals surface area contributed by atoms with Gasteiger partial charge in [0.2, 0.25) is 11.9 Å². The van der Waals surface area contributed by atoms with E-state index < -0.39 is 11.4 Å². The van der Waals surface area contributed by atoms with E-state index in [9.17, 15) is 9.50 Å². The van der Waals surface area contributed by atoms with Crippen LogP contribution in [0.1, 0.15) is 25.8 Å². The lowest BCUT2D eigenvalue weighted by molar-refractivity contribution is 0.0793. The van der Waals surface area contributed by atoms with Crippen LogP contribution in [0.3, 0.4) is 0 Å². The number of benzene rings is 2. The highest BCUT2D eigenvalue weighted by atomic mass is 35.5. The molecule has 4 N–H and O–H groups in total. The first-order valence-corrected chi connectivity index (χ1v) is 13.3. The molecule has 0 saturated carbocycles. The number of nitrogens with one attached hydrogen (secondary N) is 3. The Balaban J connectivity index is 1.64.